The first-order valence-corrected chi connectivity index (χ1v) is 11.2. The highest BCUT2D eigenvalue weighted by molar-refractivity contribution is 5.64. The molecular weight excluding hydrogens is 320 g/mol. The third-order valence-corrected chi connectivity index (χ3v) is 9.64. The molecule has 0 bridgehead atoms. The molecule has 26 heavy (non-hydrogen) atoms. The van der Waals surface area contributed by atoms with Crippen LogP contribution in [0.4, 0.5) is 0 Å². The SMILES string of the molecule is C[C@@H](CCC(=O)[O-])[C@@H]1CC[C@H]2[C@H]3C=C[C@@H]4CCCC[C@]4(C)[C@@H]3CC[C@@]21C. The minimum Gasteiger partial charge on any atom is -0.550 e. The minimum atomic E-state index is -0.883. The highest BCUT2D eigenvalue weighted by atomic mass is 16.4. The molecular formula is C24H37O2-. The maximum absolute atomic E-state index is 10.9. The number of rotatable bonds is 4. The Morgan fingerprint density at radius 3 is 2.58 bits per heavy atom. The summed E-state index contributed by atoms with van der Waals surface area (Å²) < 4.78 is 0. The van der Waals surface area contributed by atoms with Crippen LogP contribution in [-0.4, -0.2) is 5.97 Å². The first-order chi connectivity index (χ1) is 12.4. The molecule has 4 aliphatic carbocycles. The first kappa shape index (κ1) is 18.6. The highest BCUT2D eigenvalue weighted by Gasteiger charge is 2.58. The summed E-state index contributed by atoms with van der Waals surface area (Å²) in [4.78, 5) is 10.9. The largest absolute Gasteiger partial charge is 0.550 e. The molecule has 146 valence electrons. The van der Waals surface area contributed by atoms with Gasteiger partial charge in [0.05, 0.1) is 0 Å². The fourth-order valence-corrected chi connectivity index (χ4v) is 8.18. The summed E-state index contributed by atoms with van der Waals surface area (Å²) >= 11 is 0. The van der Waals surface area contributed by atoms with Gasteiger partial charge in [-0.3, -0.25) is 0 Å². The number of aliphatic carboxylic acids is 1. The maximum Gasteiger partial charge on any atom is 0.0414 e. The molecule has 4 aliphatic rings. The summed E-state index contributed by atoms with van der Waals surface area (Å²) in [5, 5.41) is 10.9. The Morgan fingerprint density at radius 2 is 1.81 bits per heavy atom. The molecule has 0 aromatic heterocycles. The molecule has 0 aliphatic heterocycles. The van der Waals surface area contributed by atoms with Crippen LogP contribution < -0.4 is 5.11 Å². The van der Waals surface area contributed by atoms with Crippen LogP contribution in [0, 0.1) is 46.3 Å². The zero-order valence-electron chi connectivity index (χ0n) is 17.0. The van der Waals surface area contributed by atoms with Gasteiger partial charge in [0.1, 0.15) is 0 Å². The van der Waals surface area contributed by atoms with Crippen molar-refractivity contribution in [2.45, 2.75) is 85.0 Å². The van der Waals surface area contributed by atoms with Crippen LogP contribution in [0.2, 0.25) is 0 Å². The van der Waals surface area contributed by atoms with Crippen molar-refractivity contribution in [3.8, 4) is 0 Å². The second kappa shape index (κ2) is 6.67. The second-order valence-electron chi connectivity index (χ2n) is 10.6. The molecule has 0 amide bonds. The Balaban J connectivity index is 1.55. The van der Waals surface area contributed by atoms with E-state index >= 15 is 0 Å². The van der Waals surface area contributed by atoms with Crippen LogP contribution in [0.15, 0.2) is 12.2 Å². The van der Waals surface area contributed by atoms with E-state index in [0.29, 0.717) is 22.7 Å². The summed E-state index contributed by atoms with van der Waals surface area (Å²) in [6, 6.07) is 0. The van der Waals surface area contributed by atoms with Crippen molar-refractivity contribution in [1.29, 1.82) is 0 Å². The van der Waals surface area contributed by atoms with Crippen LogP contribution >= 0.6 is 0 Å². The van der Waals surface area contributed by atoms with Crippen molar-refractivity contribution in [3.63, 3.8) is 0 Å². The molecule has 8 atom stereocenters. The van der Waals surface area contributed by atoms with Gasteiger partial charge in [-0.25, -0.2) is 0 Å². The lowest BCUT2D eigenvalue weighted by molar-refractivity contribution is -0.306. The van der Waals surface area contributed by atoms with E-state index in [1.54, 1.807) is 0 Å². The average molecular weight is 358 g/mol. The number of carboxylic acid groups (broad SMARTS) is 1. The van der Waals surface area contributed by atoms with Gasteiger partial charge in [-0.1, -0.05) is 45.8 Å². The predicted octanol–water partition coefficient (Wildman–Crippen LogP) is 4.98. The van der Waals surface area contributed by atoms with Gasteiger partial charge in [0, 0.05) is 5.97 Å². The fraction of sp³-hybridized carbons (Fsp3) is 0.875. The monoisotopic (exact) mass is 357 g/mol. The zero-order chi connectivity index (χ0) is 18.5. The van der Waals surface area contributed by atoms with Crippen LogP contribution in [-0.2, 0) is 4.79 Å². The number of hydrogen-bond donors (Lipinski definition) is 0. The maximum atomic E-state index is 10.9. The Kier molecular flexibility index (Phi) is 4.77. The average Bonchev–Trinajstić information content (AvgIpc) is 2.96. The van der Waals surface area contributed by atoms with Crippen LogP contribution in [0.3, 0.4) is 0 Å². The number of carbonyl (C=O) groups excluding carboxylic acids is 1. The van der Waals surface area contributed by atoms with E-state index in [4.69, 9.17) is 0 Å². The van der Waals surface area contributed by atoms with Crippen LogP contribution in [0.25, 0.3) is 0 Å². The Bertz CT molecular complexity index is 581. The van der Waals surface area contributed by atoms with Crippen molar-refractivity contribution in [1.82, 2.24) is 0 Å². The molecule has 0 aromatic carbocycles. The molecule has 3 fully saturated rings. The third kappa shape index (κ3) is 2.78. The summed E-state index contributed by atoms with van der Waals surface area (Å²) in [6.07, 6.45) is 17.3. The van der Waals surface area contributed by atoms with E-state index in [1.165, 1.54) is 51.4 Å². The molecule has 2 nitrogen and oxygen atoms in total. The molecule has 3 saturated carbocycles. The van der Waals surface area contributed by atoms with Gasteiger partial charge in [0.15, 0.2) is 0 Å². The second-order valence-corrected chi connectivity index (χ2v) is 10.6. The first-order valence-electron chi connectivity index (χ1n) is 11.2. The number of fused-ring (bicyclic) bond motifs is 5. The topological polar surface area (TPSA) is 40.1 Å². The van der Waals surface area contributed by atoms with Crippen LogP contribution in [0.1, 0.15) is 85.0 Å². The Labute approximate surface area is 159 Å². The quantitative estimate of drug-likeness (QED) is 0.666. The van der Waals surface area contributed by atoms with Crippen molar-refractivity contribution in [2.75, 3.05) is 0 Å². The van der Waals surface area contributed by atoms with Gasteiger partial charge in [-0.15, -0.1) is 0 Å². The van der Waals surface area contributed by atoms with E-state index in [0.717, 1.165) is 30.1 Å². The molecule has 0 unspecified atom stereocenters. The molecule has 2 heteroatoms. The van der Waals surface area contributed by atoms with E-state index in [1.807, 2.05) is 0 Å². The summed E-state index contributed by atoms with van der Waals surface area (Å²) in [5.74, 6) is 3.60. The standard InChI is InChI=1S/C24H38O2/c1-16(7-12-22(25)26)19-10-11-20-18-9-8-17-6-4-5-14-23(17,2)21(18)13-15-24(19,20)3/h8-9,16-21H,4-7,10-15H2,1-3H3,(H,25,26)/p-1/t16-,17-,18+,19-,20-,21+,23-,24+/m0/s1. The van der Waals surface area contributed by atoms with Gasteiger partial charge in [-0.05, 0) is 97.7 Å². The smallest absolute Gasteiger partial charge is 0.0414 e. The summed E-state index contributed by atoms with van der Waals surface area (Å²) in [6.45, 7) is 7.45. The summed E-state index contributed by atoms with van der Waals surface area (Å²) in [5.41, 5.74) is 0.951. The lowest BCUT2D eigenvalue weighted by Crippen LogP contribution is -2.51. The molecule has 0 spiro atoms. The van der Waals surface area contributed by atoms with Gasteiger partial charge in [0.2, 0.25) is 0 Å². The molecule has 0 radical (unpaired) electrons. The molecule has 0 saturated heterocycles. The van der Waals surface area contributed by atoms with E-state index < -0.39 is 5.97 Å². The zero-order valence-corrected chi connectivity index (χ0v) is 17.0. The number of allylic oxidation sites excluding steroid dienone is 2. The number of carboxylic acids is 1. The van der Waals surface area contributed by atoms with Crippen molar-refractivity contribution in [2.24, 2.45) is 46.3 Å². The minimum absolute atomic E-state index is 0.226. The summed E-state index contributed by atoms with van der Waals surface area (Å²) in [7, 11) is 0. The van der Waals surface area contributed by atoms with E-state index in [9.17, 15) is 9.90 Å². The van der Waals surface area contributed by atoms with E-state index in [2.05, 4.69) is 32.9 Å². The Hall–Kier alpha value is -0.790. The van der Waals surface area contributed by atoms with Crippen LogP contribution in [0.5, 0.6) is 0 Å². The normalized spacial score (nSPS) is 48.3. The lowest BCUT2D eigenvalue weighted by atomic mass is 9.46. The lowest BCUT2D eigenvalue weighted by Gasteiger charge is -2.58. The molecule has 0 heterocycles. The fourth-order valence-electron chi connectivity index (χ4n) is 8.18. The van der Waals surface area contributed by atoms with Gasteiger partial charge < -0.3 is 9.90 Å². The van der Waals surface area contributed by atoms with Crippen molar-refractivity contribution in [3.05, 3.63) is 12.2 Å². The Morgan fingerprint density at radius 1 is 1.04 bits per heavy atom. The third-order valence-electron chi connectivity index (χ3n) is 9.64. The molecule has 0 N–H and O–H groups in total. The van der Waals surface area contributed by atoms with Gasteiger partial charge in [-0.2, -0.15) is 0 Å². The number of hydrogen-bond acceptors (Lipinski definition) is 2. The molecule has 0 aromatic rings. The highest BCUT2D eigenvalue weighted by Crippen LogP contribution is 2.66. The molecule has 4 rings (SSSR count). The van der Waals surface area contributed by atoms with Gasteiger partial charge in [0.25, 0.3) is 0 Å². The predicted molar refractivity (Wildman–Crippen MR) is 103 cm³/mol. The van der Waals surface area contributed by atoms with Crippen molar-refractivity contribution >= 4 is 5.97 Å². The van der Waals surface area contributed by atoms with Gasteiger partial charge >= 0.3 is 0 Å². The van der Waals surface area contributed by atoms with E-state index in [-0.39, 0.29) is 6.42 Å². The number of carbonyl (C=O) groups is 1. The van der Waals surface area contributed by atoms with Crippen molar-refractivity contribution < 1.29 is 9.90 Å².